The molecule has 1 aliphatic heterocycles. The van der Waals surface area contributed by atoms with Gasteiger partial charge in [-0.3, -0.25) is 9.59 Å². The van der Waals surface area contributed by atoms with Crippen LogP contribution < -0.4 is 14.8 Å². The molecule has 6 nitrogen and oxygen atoms in total. The molecular weight excluding hydrogens is 430 g/mol. The highest BCUT2D eigenvalue weighted by molar-refractivity contribution is 5.99. The van der Waals surface area contributed by atoms with Gasteiger partial charge < -0.3 is 19.7 Å². The number of carbonyl (C=O) groups excluding carboxylic acids is 2. The molecule has 0 saturated heterocycles. The smallest absolute Gasteiger partial charge is 0.255 e. The molecule has 0 spiro atoms. The molecule has 0 saturated carbocycles. The van der Waals surface area contributed by atoms with Crippen LogP contribution in [0.1, 0.15) is 33.9 Å². The van der Waals surface area contributed by atoms with Crippen LogP contribution in [-0.4, -0.2) is 30.9 Å². The topological polar surface area (TPSA) is 67.9 Å². The number of hydrogen-bond donors (Lipinski definition) is 1. The second kappa shape index (κ2) is 9.28. The van der Waals surface area contributed by atoms with E-state index in [1.54, 1.807) is 35.2 Å². The van der Waals surface area contributed by atoms with Gasteiger partial charge in [-0.2, -0.15) is 0 Å². The number of nitrogens with zero attached hydrogens (tertiary/aromatic N) is 1. The molecule has 0 bridgehead atoms. The molecule has 3 aromatic carbocycles. The summed E-state index contributed by atoms with van der Waals surface area (Å²) in [6.45, 7) is 0.315. The highest BCUT2D eigenvalue weighted by Gasteiger charge is 2.35. The van der Waals surface area contributed by atoms with Gasteiger partial charge in [0.15, 0.2) is 11.5 Å². The molecule has 0 radical (unpaired) electrons. The van der Waals surface area contributed by atoms with E-state index in [2.05, 4.69) is 5.32 Å². The molecule has 1 heterocycles. The van der Waals surface area contributed by atoms with Crippen molar-refractivity contribution >= 4 is 17.5 Å². The van der Waals surface area contributed by atoms with Crippen molar-refractivity contribution in [3.8, 4) is 11.5 Å². The first-order valence-electron chi connectivity index (χ1n) is 10.3. The molecule has 0 fully saturated rings. The van der Waals surface area contributed by atoms with E-state index >= 15 is 0 Å². The van der Waals surface area contributed by atoms with Gasteiger partial charge in [-0.15, -0.1) is 0 Å². The summed E-state index contributed by atoms with van der Waals surface area (Å²) in [7, 11) is 3.00. The fourth-order valence-corrected chi connectivity index (χ4v) is 3.97. The molecule has 4 rings (SSSR count). The Balaban J connectivity index is 1.67. The maximum absolute atomic E-state index is 14.0. The Morgan fingerprint density at radius 2 is 1.79 bits per heavy atom. The predicted octanol–water partition coefficient (Wildman–Crippen LogP) is 4.71. The normalized spacial score (nSPS) is 13.5. The summed E-state index contributed by atoms with van der Waals surface area (Å²) in [5.74, 6) is -1.26. The lowest BCUT2D eigenvalue weighted by atomic mass is 10.0. The molecule has 170 valence electrons. The second-order valence-corrected chi connectivity index (χ2v) is 7.60. The predicted molar refractivity (Wildman–Crippen MR) is 118 cm³/mol. The number of halogens is 2. The van der Waals surface area contributed by atoms with E-state index in [9.17, 15) is 18.4 Å². The number of methoxy groups -OCH3 is 2. The standard InChI is InChI=1S/C25H22F2N2O4/c1-32-22-10-7-15(11-23(22)33-2)21(29-14-16-5-3-4-6-18(16)25(29)31)13-24(30)28-20-12-17(26)8-9-19(20)27/h3-12,21H,13-14H2,1-2H3,(H,28,30)/t21-/m1/s1. The average molecular weight is 452 g/mol. The van der Waals surface area contributed by atoms with Gasteiger partial charge >= 0.3 is 0 Å². The number of ether oxygens (including phenoxy) is 2. The Morgan fingerprint density at radius 3 is 2.52 bits per heavy atom. The number of hydrogen-bond acceptors (Lipinski definition) is 4. The summed E-state index contributed by atoms with van der Waals surface area (Å²) in [6.07, 6.45) is -0.175. The minimum Gasteiger partial charge on any atom is -0.493 e. The minimum absolute atomic E-state index is 0.175. The Bertz CT molecular complexity index is 1210. The molecule has 1 aliphatic rings. The number of nitrogens with one attached hydrogen (secondary N) is 1. The molecule has 1 atom stereocenters. The Hall–Kier alpha value is -3.94. The fraction of sp³-hybridized carbons (Fsp3) is 0.200. The number of benzene rings is 3. The lowest BCUT2D eigenvalue weighted by Crippen LogP contribution is -2.32. The van der Waals surface area contributed by atoms with Crippen molar-refractivity contribution in [2.75, 3.05) is 19.5 Å². The van der Waals surface area contributed by atoms with E-state index in [4.69, 9.17) is 9.47 Å². The Labute approximate surface area is 189 Å². The summed E-state index contributed by atoms with van der Waals surface area (Å²) in [4.78, 5) is 27.6. The molecule has 0 aliphatic carbocycles. The van der Waals surface area contributed by atoms with Gasteiger partial charge in [-0.1, -0.05) is 24.3 Å². The van der Waals surface area contributed by atoms with Gasteiger partial charge in [0.1, 0.15) is 11.6 Å². The Morgan fingerprint density at radius 1 is 1.03 bits per heavy atom. The zero-order valence-electron chi connectivity index (χ0n) is 18.1. The van der Waals surface area contributed by atoms with Crippen molar-refractivity contribution in [3.63, 3.8) is 0 Å². The first kappa shape index (κ1) is 22.3. The highest BCUT2D eigenvalue weighted by Crippen LogP contribution is 2.37. The largest absolute Gasteiger partial charge is 0.493 e. The molecular formula is C25H22F2N2O4. The van der Waals surface area contributed by atoms with Crippen LogP contribution in [0.5, 0.6) is 11.5 Å². The van der Waals surface area contributed by atoms with Gasteiger partial charge in [0, 0.05) is 18.2 Å². The molecule has 2 amide bonds. The van der Waals surface area contributed by atoms with Crippen molar-refractivity contribution in [1.82, 2.24) is 4.90 Å². The van der Waals surface area contributed by atoms with Gasteiger partial charge in [-0.05, 0) is 41.5 Å². The molecule has 33 heavy (non-hydrogen) atoms. The second-order valence-electron chi connectivity index (χ2n) is 7.60. The summed E-state index contributed by atoms with van der Waals surface area (Å²) in [5.41, 5.74) is 1.80. The number of amides is 2. The Kier molecular flexibility index (Phi) is 6.26. The lowest BCUT2D eigenvalue weighted by molar-refractivity contribution is -0.117. The molecule has 3 aromatic rings. The van der Waals surface area contributed by atoms with E-state index in [1.807, 2.05) is 12.1 Å². The third kappa shape index (κ3) is 4.50. The van der Waals surface area contributed by atoms with Crippen LogP contribution in [0, 0.1) is 11.6 Å². The van der Waals surface area contributed by atoms with Crippen molar-refractivity contribution in [3.05, 3.63) is 89.0 Å². The van der Waals surface area contributed by atoms with E-state index < -0.39 is 23.6 Å². The van der Waals surface area contributed by atoms with Crippen LogP contribution in [0.25, 0.3) is 0 Å². The van der Waals surface area contributed by atoms with Crippen molar-refractivity contribution in [1.29, 1.82) is 0 Å². The van der Waals surface area contributed by atoms with E-state index in [0.29, 0.717) is 29.2 Å². The zero-order chi connectivity index (χ0) is 23.5. The number of fused-ring (bicyclic) bond motifs is 1. The van der Waals surface area contributed by atoms with Crippen molar-refractivity contribution < 1.29 is 27.8 Å². The first-order chi connectivity index (χ1) is 15.9. The van der Waals surface area contributed by atoms with E-state index in [0.717, 1.165) is 23.8 Å². The van der Waals surface area contributed by atoms with E-state index in [1.165, 1.54) is 14.2 Å². The number of rotatable bonds is 7. The monoisotopic (exact) mass is 452 g/mol. The van der Waals surface area contributed by atoms with Crippen LogP contribution in [0.15, 0.2) is 60.7 Å². The minimum atomic E-state index is -0.753. The van der Waals surface area contributed by atoms with Crippen molar-refractivity contribution in [2.45, 2.75) is 19.0 Å². The van der Waals surface area contributed by atoms with Gasteiger partial charge in [0.25, 0.3) is 5.91 Å². The summed E-state index contributed by atoms with van der Waals surface area (Å²) in [6, 6.07) is 14.5. The quantitative estimate of drug-likeness (QED) is 0.564. The maximum Gasteiger partial charge on any atom is 0.255 e. The molecule has 1 N–H and O–H groups in total. The van der Waals surface area contributed by atoms with Crippen LogP contribution in [0.3, 0.4) is 0 Å². The SMILES string of the molecule is COc1ccc([C@@H](CC(=O)Nc2cc(F)ccc2F)N2Cc3ccccc3C2=O)cc1OC. The third-order valence-electron chi connectivity index (χ3n) is 5.60. The average Bonchev–Trinajstić information content (AvgIpc) is 3.15. The van der Waals surface area contributed by atoms with Crippen LogP contribution in [-0.2, 0) is 11.3 Å². The van der Waals surface area contributed by atoms with Crippen molar-refractivity contribution in [2.24, 2.45) is 0 Å². The zero-order valence-corrected chi connectivity index (χ0v) is 18.1. The lowest BCUT2D eigenvalue weighted by Gasteiger charge is -2.28. The summed E-state index contributed by atoms with van der Waals surface area (Å²) >= 11 is 0. The number of carbonyl (C=O) groups is 2. The van der Waals surface area contributed by atoms with Crippen LogP contribution in [0.2, 0.25) is 0 Å². The fourth-order valence-electron chi connectivity index (χ4n) is 3.97. The van der Waals surface area contributed by atoms with E-state index in [-0.39, 0.29) is 18.0 Å². The summed E-state index contributed by atoms with van der Waals surface area (Å²) in [5, 5.41) is 2.41. The van der Waals surface area contributed by atoms with Gasteiger partial charge in [0.2, 0.25) is 5.91 Å². The summed E-state index contributed by atoms with van der Waals surface area (Å²) < 4.78 is 38.2. The molecule has 0 aromatic heterocycles. The van der Waals surface area contributed by atoms with Gasteiger partial charge in [0.05, 0.1) is 32.4 Å². The highest BCUT2D eigenvalue weighted by atomic mass is 19.1. The number of anilines is 1. The first-order valence-corrected chi connectivity index (χ1v) is 10.3. The maximum atomic E-state index is 14.0. The third-order valence-corrected chi connectivity index (χ3v) is 5.60. The molecule has 0 unspecified atom stereocenters. The van der Waals surface area contributed by atoms with Gasteiger partial charge in [-0.25, -0.2) is 8.78 Å². The van der Waals surface area contributed by atoms with Crippen LogP contribution >= 0.6 is 0 Å². The van der Waals surface area contributed by atoms with Crippen LogP contribution in [0.4, 0.5) is 14.5 Å². The molecule has 8 heteroatoms.